The zero-order valence-corrected chi connectivity index (χ0v) is 10.4. The molecule has 1 aromatic rings. The molecule has 0 fully saturated rings. The summed E-state index contributed by atoms with van der Waals surface area (Å²) in [5.74, 6) is 0.599. The van der Waals surface area contributed by atoms with Crippen molar-refractivity contribution in [2.24, 2.45) is 5.73 Å². The molecule has 1 rings (SSSR count). The Kier molecular flexibility index (Phi) is 5.19. The van der Waals surface area contributed by atoms with Crippen LogP contribution in [0.3, 0.4) is 0 Å². The molecule has 16 heavy (non-hydrogen) atoms. The van der Waals surface area contributed by atoms with Crippen molar-refractivity contribution in [3.05, 3.63) is 16.8 Å². The zero-order chi connectivity index (χ0) is 12.0. The smallest absolute Gasteiger partial charge is 0.238 e. The second kappa shape index (κ2) is 6.43. The molecule has 0 unspecified atom stereocenters. The van der Waals surface area contributed by atoms with Crippen molar-refractivity contribution < 1.29 is 4.74 Å². The summed E-state index contributed by atoms with van der Waals surface area (Å²) in [6, 6.07) is 0. The van der Waals surface area contributed by atoms with Crippen molar-refractivity contribution in [2.45, 2.75) is 46.6 Å². The van der Waals surface area contributed by atoms with Gasteiger partial charge in [0.25, 0.3) is 0 Å². The minimum Gasteiger partial charge on any atom is -0.476 e. The highest BCUT2D eigenvalue weighted by atomic mass is 16.5. The van der Waals surface area contributed by atoms with Gasteiger partial charge in [-0.2, -0.15) is 5.10 Å². The van der Waals surface area contributed by atoms with E-state index in [0.29, 0.717) is 19.0 Å². The van der Waals surface area contributed by atoms with Crippen LogP contribution in [0.15, 0.2) is 0 Å². The summed E-state index contributed by atoms with van der Waals surface area (Å²) in [4.78, 5) is 0. The zero-order valence-electron chi connectivity index (χ0n) is 10.4. The lowest BCUT2D eigenvalue weighted by Crippen LogP contribution is -2.10. The third-order valence-electron chi connectivity index (χ3n) is 2.74. The standard InChI is InChI=1S/C12H21N3O/c1-4-5-6-7-16-12-11(8-13)9(2)10(3)14-15-12/h4-8,13H2,1-3H3. The van der Waals surface area contributed by atoms with Crippen LogP contribution in [0, 0.1) is 13.8 Å². The highest BCUT2D eigenvalue weighted by Gasteiger charge is 2.10. The number of ether oxygens (including phenoxy) is 1. The van der Waals surface area contributed by atoms with Crippen LogP contribution >= 0.6 is 0 Å². The Morgan fingerprint density at radius 1 is 1.19 bits per heavy atom. The van der Waals surface area contributed by atoms with E-state index in [4.69, 9.17) is 10.5 Å². The van der Waals surface area contributed by atoms with E-state index in [-0.39, 0.29) is 0 Å². The molecule has 1 aromatic heterocycles. The van der Waals surface area contributed by atoms with Crippen LogP contribution in [-0.4, -0.2) is 16.8 Å². The van der Waals surface area contributed by atoms with Crippen LogP contribution in [0.2, 0.25) is 0 Å². The normalized spacial score (nSPS) is 10.5. The molecule has 1 heterocycles. The highest BCUT2D eigenvalue weighted by molar-refractivity contribution is 5.34. The fourth-order valence-electron chi connectivity index (χ4n) is 1.51. The summed E-state index contributed by atoms with van der Waals surface area (Å²) in [6.45, 7) is 7.25. The van der Waals surface area contributed by atoms with Gasteiger partial charge in [0.05, 0.1) is 12.3 Å². The SMILES string of the molecule is CCCCCOc1nnc(C)c(C)c1CN. The van der Waals surface area contributed by atoms with Crippen LogP contribution in [0.1, 0.15) is 43.0 Å². The van der Waals surface area contributed by atoms with Crippen LogP contribution in [0.5, 0.6) is 5.88 Å². The van der Waals surface area contributed by atoms with Gasteiger partial charge in [-0.05, 0) is 25.8 Å². The van der Waals surface area contributed by atoms with Crippen molar-refractivity contribution in [2.75, 3.05) is 6.61 Å². The molecular weight excluding hydrogens is 202 g/mol. The first kappa shape index (κ1) is 12.9. The molecule has 0 aliphatic carbocycles. The maximum Gasteiger partial charge on any atom is 0.238 e. The second-order valence-electron chi connectivity index (χ2n) is 3.95. The van der Waals surface area contributed by atoms with Gasteiger partial charge in [0.2, 0.25) is 5.88 Å². The predicted molar refractivity (Wildman–Crippen MR) is 64.4 cm³/mol. The molecule has 0 aromatic carbocycles. The summed E-state index contributed by atoms with van der Waals surface area (Å²) in [6.07, 6.45) is 3.41. The quantitative estimate of drug-likeness (QED) is 0.750. The molecular formula is C12H21N3O. The third-order valence-corrected chi connectivity index (χ3v) is 2.74. The van der Waals surface area contributed by atoms with E-state index in [1.165, 1.54) is 12.8 Å². The lowest BCUT2D eigenvalue weighted by Gasteiger charge is -2.11. The Balaban J connectivity index is 2.68. The average molecular weight is 223 g/mol. The molecule has 0 aliphatic heterocycles. The lowest BCUT2D eigenvalue weighted by atomic mass is 10.1. The van der Waals surface area contributed by atoms with E-state index < -0.39 is 0 Å². The predicted octanol–water partition coefficient (Wildman–Crippen LogP) is 2.12. The maximum absolute atomic E-state index is 5.70. The first-order valence-electron chi connectivity index (χ1n) is 5.86. The largest absolute Gasteiger partial charge is 0.476 e. The number of nitrogens with zero attached hydrogens (tertiary/aromatic N) is 2. The highest BCUT2D eigenvalue weighted by Crippen LogP contribution is 2.19. The van der Waals surface area contributed by atoms with Gasteiger partial charge >= 0.3 is 0 Å². The van der Waals surface area contributed by atoms with Crippen molar-refractivity contribution >= 4 is 0 Å². The molecule has 2 N–H and O–H groups in total. The van der Waals surface area contributed by atoms with Crippen LogP contribution in [0.4, 0.5) is 0 Å². The van der Waals surface area contributed by atoms with E-state index in [1.54, 1.807) is 0 Å². The summed E-state index contributed by atoms with van der Waals surface area (Å²) in [5, 5.41) is 8.11. The Hall–Kier alpha value is -1.16. The molecule has 0 bridgehead atoms. The minimum absolute atomic E-state index is 0.450. The average Bonchev–Trinajstić information content (AvgIpc) is 2.29. The fourth-order valence-corrected chi connectivity index (χ4v) is 1.51. The second-order valence-corrected chi connectivity index (χ2v) is 3.95. The fraction of sp³-hybridized carbons (Fsp3) is 0.667. The van der Waals surface area contributed by atoms with Crippen LogP contribution in [-0.2, 0) is 6.54 Å². The van der Waals surface area contributed by atoms with Gasteiger partial charge in [0.15, 0.2) is 0 Å². The topological polar surface area (TPSA) is 61.0 Å². The van der Waals surface area contributed by atoms with Gasteiger partial charge in [0, 0.05) is 12.1 Å². The summed E-state index contributed by atoms with van der Waals surface area (Å²) < 4.78 is 5.61. The maximum atomic E-state index is 5.70. The van der Waals surface area contributed by atoms with Crippen LogP contribution in [0.25, 0.3) is 0 Å². The van der Waals surface area contributed by atoms with E-state index in [1.807, 2.05) is 13.8 Å². The number of nitrogens with two attached hydrogens (primary N) is 1. The summed E-state index contributed by atoms with van der Waals surface area (Å²) >= 11 is 0. The van der Waals surface area contributed by atoms with Crippen molar-refractivity contribution in [1.82, 2.24) is 10.2 Å². The Labute approximate surface area is 97.2 Å². The van der Waals surface area contributed by atoms with E-state index in [0.717, 1.165) is 23.2 Å². The van der Waals surface area contributed by atoms with E-state index in [2.05, 4.69) is 17.1 Å². The molecule has 0 amide bonds. The van der Waals surface area contributed by atoms with E-state index >= 15 is 0 Å². The summed E-state index contributed by atoms with van der Waals surface area (Å²) in [7, 11) is 0. The van der Waals surface area contributed by atoms with Gasteiger partial charge < -0.3 is 10.5 Å². The van der Waals surface area contributed by atoms with Gasteiger partial charge in [0.1, 0.15) is 0 Å². The molecule has 4 heteroatoms. The lowest BCUT2D eigenvalue weighted by molar-refractivity contribution is 0.287. The van der Waals surface area contributed by atoms with Gasteiger partial charge in [-0.1, -0.05) is 19.8 Å². The molecule has 4 nitrogen and oxygen atoms in total. The number of hydrogen-bond donors (Lipinski definition) is 1. The van der Waals surface area contributed by atoms with Crippen molar-refractivity contribution in [1.29, 1.82) is 0 Å². The summed E-state index contributed by atoms with van der Waals surface area (Å²) in [5.41, 5.74) is 8.68. The molecule has 0 aliphatic rings. The number of hydrogen-bond acceptors (Lipinski definition) is 4. The minimum atomic E-state index is 0.450. The molecule has 0 saturated carbocycles. The number of aromatic nitrogens is 2. The molecule has 0 atom stereocenters. The number of aryl methyl sites for hydroxylation is 1. The van der Waals surface area contributed by atoms with Crippen LogP contribution < -0.4 is 10.5 Å². The van der Waals surface area contributed by atoms with E-state index in [9.17, 15) is 0 Å². The molecule has 0 saturated heterocycles. The van der Waals surface area contributed by atoms with Crippen molar-refractivity contribution in [3.8, 4) is 5.88 Å². The Morgan fingerprint density at radius 3 is 2.56 bits per heavy atom. The van der Waals surface area contributed by atoms with Gasteiger partial charge in [-0.15, -0.1) is 5.10 Å². The first-order valence-corrected chi connectivity index (χ1v) is 5.86. The molecule has 0 spiro atoms. The van der Waals surface area contributed by atoms with Gasteiger partial charge in [-0.25, -0.2) is 0 Å². The number of rotatable bonds is 6. The third kappa shape index (κ3) is 3.17. The first-order chi connectivity index (χ1) is 7.70. The Bertz CT molecular complexity index is 339. The monoisotopic (exact) mass is 223 g/mol. The van der Waals surface area contributed by atoms with Gasteiger partial charge in [-0.3, -0.25) is 0 Å². The molecule has 0 radical (unpaired) electrons. The van der Waals surface area contributed by atoms with Crippen molar-refractivity contribution in [3.63, 3.8) is 0 Å². The Morgan fingerprint density at radius 2 is 1.94 bits per heavy atom. The number of unbranched alkanes of at least 4 members (excludes halogenated alkanes) is 2. The molecule has 90 valence electrons.